The van der Waals surface area contributed by atoms with Gasteiger partial charge in [0, 0.05) is 24.6 Å². The van der Waals surface area contributed by atoms with Crippen LogP contribution in [-0.2, 0) is 24.5 Å². The van der Waals surface area contributed by atoms with Crippen LogP contribution in [0.4, 0.5) is 14.9 Å². The number of pyridine rings is 1. The number of carbonyl (C=O) groups excluding carboxylic acids is 2. The van der Waals surface area contributed by atoms with Crippen molar-refractivity contribution >= 4 is 17.7 Å². The average Bonchev–Trinajstić information content (AvgIpc) is 3.64. The van der Waals surface area contributed by atoms with Gasteiger partial charge in [0.25, 0.3) is 5.91 Å². The van der Waals surface area contributed by atoms with E-state index >= 15 is 4.39 Å². The van der Waals surface area contributed by atoms with E-state index in [-0.39, 0.29) is 42.8 Å². The Kier molecular flexibility index (Phi) is 8.78. The van der Waals surface area contributed by atoms with Crippen LogP contribution in [-0.4, -0.2) is 46.7 Å². The molecule has 0 aliphatic carbocycles. The number of fused-ring (bicyclic) bond motifs is 1. The second-order valence-corrected chi connectivity index (χ2v) is 12.3. The molecule has 238 valence electrons. The molecule has 46 heavy (non-hydrogen) atoms. The molecule has 2 aliphatic heterocycles. The summed E-state index contributed by atoms with van der Waals surface area (Å²) < 4.78 is 38.8. The van der Waals surface area contributed by atoms with Crippen LogP contribution in [0.5, 0.6) is 17.5 Å². The zero-order valence-corrected chi connectivity index (χ0v) is 26.1. The number of hydrogen-bond acceptors (Lipinski definition) is 7. The molecule has 9 nitrogen and oxygen atoms in total. The first-order valence-corrected chi connectivity index (χ1v) is 15.3. The third-order valence-electron chi connectivity index (χ3n) is 7.61. The highest BCUT2D eigenvalue weighted by Crippen LogP contribution is 2.38. The molecule has 4 aromatic rings. The summed E-state index contributed by atoms with van der Waals surface area (Å²) in [5.41, 5.74) is 2.60. The van der Waals surface area contributed by atoms with Gasteiger partial charge >= 0.3 is 6.09 Å². The van der Waals surface area contributed by atoms with E-state index in [1.807, 2.05) is 81.4 Å². The molecular weight excluding hydrogens is 589 g/mol. The zero-order valence-electron chi connectivity index (χ0n) is 26.1. The third kappa shape index (κ3) is 7.22. The molecule has 0 radical (unpaired) electrons. The topological polar surface area (TPSA) is 90.4 Å². The number of anilines is 1. The van der Waals surface area contributed by atoms with Gasteiger partial charge in [0.2, 0.25) is 11.8 Å². The van der Waals surface area contributed by atoms with Crippen molar-refractivity contribution in [2.45, 2.75) is 58.7 Å². The lowest BCUT2D eigenvalue weighted by molar-refractivity contribution is 0.0275. The van der Waals surface area contributed by atoms with E-state index in [0.29, 0.717) is 36.7 Å². The molecule has 10 heteroatoms. The van der Waals surface area contributed by atoms with Crippen molar-refractivity contribution in [1.29, 1.82) is 0 Å². The van der Waals surface area contributed by atoms with Crippen molar-refractivity contribution in [3.63, 3.8) is 0 Å². The maximum absolute atomic E-state index is 15.3. The SMILES string of the molecule is CC(C)(C)OC(=O)N1CC[C@H](Oc2cc3c(cc2F)C(=O)N(c2ccc(OCc4ccccc4)nc2OCc2ccccc2)C3)C1. The first kappa shape index (κ1) is 30.9. The van der Waals surface area contributed by atoms with Gasteiger partial charge in [0.05, 0.1) is 13.1 Å². The number of carbonyl (C=O) groups is 2. The number of ether oxygens (including phenoxy) is 4. The normalized spacial score (nSPS) is 15.9. The standard InChI is InChI=1S/C36H36FN3O6/c1-36(2,3)46-35(42)39-17-16-27(21-39)45-31-18-26-20-40(34(41)28(26)19-29(31)37)30-14-15-32(43-22-24-10-6-4-7-11-24)38-33(30)44-23-25-12-8-5-9-13-25/h4-15,18-19,27H,16-17,20-23H2,1-3H3/t27-/m0/s1. The van der Waals surface area contributed by atoms with E-state index in [0.717, 1.165) is 11.1 Å². The van der Waals surface area contributed by atoms with Gasteiger partial charge in [-0.05, 0) is 55.7 Å². The molecule has 3 aromatic carbocycles. The fourth-order valence-corrected chi connectivity index (χ4v) is 5.36. The Morgan fingerprint density at radius 2 is 1.61 bits per heavy atom. The average molecular weight is 626 g/mol. The Labute approximate surface area is 267 Å². The molecule has 0 N–H and O–H groups in total. The molecule has 1 fully saturated rings. The highest BCUT2D eigenvalue weighted by atomic mass is 19.1. The molecule has 2 amide bonds. The van der Waals surface area contributed by atoms with E-state index in [1.165, 1.54) is 11.0 Å². The second kappa shape index (κ2) is 13.1. The number of benzene rings is 3. The van der Waals surface area contributed by atoms with Crippen molar-refractivity contribution in [3.8, 4) is 17.5 Å². The highest BCUT2D eigenvalue weighted by molar-refractivity contribution is 6.10. The Balaban J connectivity index is 1.19. The third-order valence-corrected chi connectivity index (χ3v) is 7.61. The Morgan fingerprint density at radius 3 is 2.28 bits per heavy atom. The lowest BCUT2D eigenvalue weighted by Crippen LogP contribution is -2.36. The summed E-state index contributed by atoms with van der Waals surface area (Å²) in [5, 5.41) is 0. The fraction of sp³-hybridized carbons (Fsp3) is 0.306. The predicted molar refractivity (Wildman–Crippen MR) is 170 cm³/mol. The van der Waals surface area contributed by atoms with Gasteiger partial charge in [-0.2, -0.15) is 4.98 Å². The summed E-state index contributed by atoms with van der Waals surface area (Å²) in [6.45, 7) is 6.87. The van der Waals surface area contributed by atoms with Crippen LogP contribution in [0.25, 0.3) is 0 Å². The van der Waals surface area contributed by atoms with Crippen LogP contribution in [0, 0.1) is 5.82 Å². The largest absolute Gasteiger partial charge is 0.485 e. The Hall–Kier alpha value is -5.12. The summed E-state index contributed by atoms with van der Waals surface area (Å²) in [5.74, 6) is -0.415. The van der Waals surface area contributed by atoms with Crippen LogP contribution >= 0.6 is 0 Å². The van der Waals surface area contributed by atoms with Gasteiger partial charge in [-0.3, -0.25) is 9.69 Å². The van der Waals surface area contributed by atoms with E-state index in [9.17, 15) is 9.59 Å². The van der Waals surface area contributed by atoms with Gasteiger partial charge in [-0.15, -0.1) is 0 Å². The molecule has 1 aromatic heterocycles. The summed E-state index contributed by atoms with van der Waals surface area (Å²) >= 11 is 0. The summed E-state index contributed by atoms with van der Waals surface area (Å²) in [6.07, 6.45) is -0.295. The monoisotopic (exact) mass is 625 g/mol. The van der Waals surface area contributed by atoms with Crippen LogP contribution in [0.3, 0.4) is 0 Å². The van der Waals surface area contributed by atoms with Gasteiger partial charge in [0.15, 0.2) is 11.6 Å². The predicted octanol–water partition coefficient (Wildman–Crippen LogP) is 6.93. The number of nitrogens with zero attached hydrogens (tertiary/aromatic N) is 3. The maximum atomic E-state index is 15.3. The molecule has 0 spiro atoms. The summed E-state index contributed by atoms with van der Waals surface area (Å²) in [4.78, 5) is 33.8. The molecule has 3 heterocycles. The van der Waals surface area contributed by atoms with Gasteiger partial charge in [-0.1, -0.05) is 60.7 Å². The molecule has 6 rings (SSSR count). The van der Waals surface area contributed by atoms with E-state index in [2.05, 4.69) is 4.98 Å². The number of aromatic nitrogens is 1. The van der Waals surface area contributed by atoms with Crippen LogP contribution in [0.15, 0.2) is 84.9 Å². The fourth-order valence-electron chi connectivity index (χ4n) is 5.36. The number of halogens is 1. The second-order valence-electron chi connectivity index (χ2n) is 12.3. The minimum absolute atomic E-state index is 0.0350. The van der Waals surface area contributed by atoms with Crippen molar-refractivity contribution in [1.82, 2.24) is 9.88 Å². The van der Waals surface area contributed by atoms with E-state index < -0.39 is 23.6 Å². The zero-order chi connectivity index (χ0) is 32.3. The lowest BCUT2D eigenvalue weighted by Gasteiger charge is -2.24. The van der Waals surface area contributed by atoms with E-state index in [1.54, 1.807) is 23.1 Å². The van der Waals surface area contributed by atoms with Crippen LogP contribution in [0.2, 0.25) is 0 Å². The van der Waals surface area contributed by atoms with Crippen molar-refractivity contribution in [2.75, 3.05) is 18.0 Å². The molecule has 0 bridgehead atoms. The Bertz CT molecular complexity index is 1710. The highest BCUT2D eigenvalue weighted by Gasteiger charge is 2.35. The molecule has 0 saturated carbocycles. The number of hydrogen-bond donors (Lipinski definition) is 0. The molecule has 1 saturated heterocycles. The Morgan fingerprint density at radius 1 is 0.935 bits per heavy atom. The van der Waals surface area contributed by atoms with Gasteiger partial charge in [0.1, 0.15) is 30.6 Å². The van der Waals surface area contributed by atoms with Crippen LogP contribution < -0.4 is 19.1 Å². The first-order chi connectivity index (χ1) is 22.1. The van der Waals surface area contributed by atoms with Crippen LogP contribution in [0.1, 0.15) is 54.2 Å². The maximum Gasteiger partial charge on any atom is 0.410 e. The summed E-state index contributed by atoms with van der Waals surface area (Å²) in [6, 6.07) is 25.6. The molecule has 1 atom stereocenters. The smallest absolute Gasteiger partial charge is 0.410 e. The summed E-state index contributed by atoms with van der Waals surface area (Å²) in [7, 11) is 0. The minimum Gasteiger partial charge on any atom is -0.485 e. The number of rotatable bonds is 9. The minimum atomic E-state index is -0.645. The van der Waals surface area contributed by atoms with Crippen molar-refractivity contribution < 1.29 is 32.9 Å². The lowest BCUT2D eigenvalue weighted by atomic mass is 10.1. The number of likely N-dealkylation sites (tertiary alicyclic amines) is 1. The van der Waals surface area contributed by atoms with Crippen molar-refractivity contribution in [3.05, 3.63) is 113 Å². The number of amides is 2. The molecule has 0 unspecified atom stereocenters. The van der Waals surface area contributed by atoms with Crippen molar-refractivity contribution in [2.24, 2.45) is 0 Å². The first-order valence-electron chi connectivity index (χ1n) is 15.3. The molecule has 2 aliphatic rings. The van der Waals surface area contributed by atoms with Gasteiger partial charge < -0.3 is 23.8 Å². The van der Waals surface area contributed by atoms with E-state index in [4.69, 9.17) is 18.9 Å². The van der Waals surface area contributed by atoms with Gasteiger partial charge in [-0.25, -0.2) is 9.18 Å². The molecular formula is C36H36FN3O6. The quantitative estimate of drug-likeness (QED) is 0.199.